The number of aliphatic hydroxyl groups excluding tert-OH is 3. The van der Waals surface area contributed by atoms with Crippen LogP contribution in [0.25, 0.3) is 21.9 Å². The highest BCUT2D eigenvalue weighted by molar-refractivity contribution is 5.84. The largest absolute Gasteiger partial charge is 0.394 e. The Balaban J connectivity index is 1.44. The van der Waals surface area contributed by atoms with Crippen molar-refractivity contribution in [1.82, 2.24) is 19.5 Å². The minimum atomic E-state index is -1.21. The number of benzene rings is 2. The molecule has 4 aromatic rings. The molecule has 0 radical (unpaired) electrons. The topological polar surface area (TPSA) is 126 Å². The molecule has 160 valence electrons. The molecule has 1 fully saturated rings. The normalized spacial score (nSPS) is 24.6. The maximum absolute atomic E-state index is 10.3. The van der Waals surface area contributed by atoms with E-state index in [0.717, 1.165) is 10.9 Å². The highest BCUT2D eigenvalue weighted by Crippen LogP contribution is 2.32. The summed E-state index contributed by atoms with van der Waals surface area (Å²) in [6.07, 6.45) is -1.28. The molecule has 2 aromatic heterocycles. The minimum Gasteiger partial charge on any atom is -0.394 e. The van der Waals surface area contributed by atoms with Gasteiger partial charge < -0.3 is 25.4 Å². The Morgan fingerprint density at radius 2 is 1.87 bits per heavy atom. The Kier molecular flexibility index (Phi) is 5.03. The van der Waals surface area contributed by atoms with Gasteiger partial charge in [0.05, 0.1) is 19.0 Å². The fourth-order valence-corrected chi connectivity index (χ4v) is 4.02. The number of hydrogen-bond acceptors (Lipinski definition) is 8. The first-order valence-electron chi connectivity index (χ1n) is 10.1. The maximum atomic E-state index is 10.3. The third kappa shape index (κ3) is 3.41. The lowest BCUT2D eigenvalue weighted by Gasteiger charge is -2.17. The van der Waals surface area contributed by atoms with Crippen molar-refractivity contribution in [3.05, 3.63) is 60.7 Å². The average Bonchev–Trinajstić information content (AvgIpc) is 3.35. The van der Waals surface area contributed by atoms with Crippen molar-refractivity contribution in [1.29, 1.82) is 0 Å². The molecule has 0 bridgehead atoms. The van der Waals surface area contributed by atoms with Gasteiger partial charge in [-0.05, 0) is 29.3 Å². The van der Waals surface area contributed by atoms with Gasteiger partial charge in [0.2, 0.25) is 0 Å². The molecule has 0 saturated carbocycles. The Labute approximate surface area is 178 Å². The van der Waals surface area contributed by atoms with Crippen LogP contribution in [0.15, 0.2) is 55.1 Å². The Morgan fingerprint density at radius 1 is 1.06 bits per heavy atom. The summed E-state index contributed by atoms with van der Waals surface area (Å²) < 4.78 is 7.16. The van der Waals surface area contributed by atoms with Gasteiger partial charge in [-0.15, -0.1) is 0 Å². The lowest BCUT2D eigenvalue weighted by Crippen LogP contribution is -2.33. The van der Waals surface area contributed by atoms with Crippen LogP contribution in [0, 0.1) is 0 Å². The molecule has 5 atom stereocenters. The van der Waals surface area contributed by atoms with E-state index in [-0.39, 0.29) is 6.04 Å². The summed E-state index contributed by atoms with van der Waals surface area (Å²) in [7, 11) is 0. The van der Waals surface area contributed by atoms with E-state index in [1.807, 2.05) is 19.1 Å². The zero-order chi connectivity index (χ0) is 21.5. The molecule has 1 aliphatic heterocycles. The van der Waals surface area contributed by atoms with E-state index in [1.54, 1.807) is 4.57 Å². The number of imidazole rings is 1. The molecule has 0 amide bonds. The number of aromatic nitrogens is 4. The van der Waals surface area contributed by atoms with Gasteiger partial charge in [-0.25, -0.2) is 15.0 Å². The van der Waals surface area contributed by atoms with Crippen LogP contribution in [0.3, 0.4) is 0 Å². The van der Waals surface area contributed by atoms with E-state index < -0.39 is 31.1 Å². The van der Waals surface area contributed by atoms with E-state index >= 15 is 0 Å². The number of rotatable bonds is 5. The molecule has 9 heteroatoms. The van der Waals surface area contributed by atoms with Crippen molar-refractivity contribution >= 4 is 27.8 Å². The van der Waals surface area contributed by atoms with E-state index in [4.69, 9.17) is 4.74 Å². The van der Waals surface area contributed by atoms with E-state index in [1.165, 1.54) is 18.0 Å². The standard InChI is InChI=1S/C22H23N5O4/c1-12(14-7-6-13-4-2-3-5-15(13)8-14)26-20-17-21(24-10-23-20)27(11-25-17)22-19(30)18(29)16(9-28)31-22/h2-8,10-12,16,18-19,22,28-30H,9H2,1H3,(H,23,24,26). The van der Waals surface area contributed by atoms with Gasteiger partial charge in [0, 0.05) is 0 Å². The fraction of sp³-hybridized carbons (Fsp3) is 0.318. The molecular formula is C22H23N5O4. The quantitative estimate of drug-likeness (QED) is 0.384. The summed E-state index contributed by atoms with van der Waals surface area (Å²) in [5.41, 5.74) is 2.08. The first-order chi connectivity index (χ1) is 15.1. The highest BCUT2D eigenvalue weighted by atomic mass is 16.6. The van der Waals surface area contributed by atoms with Gasteiger partial charge in [0.25, 0.3) is 0 Å². The van der Waals surface area contributed by atoms with Gasteiger partial charge in [-0.3, -0.25) is 4.57 Å². The summed E-state index contributed by atoms with van der Waals surface area (Å²) in [6, 6.07) is 14.5. The van der Waals surface area contributed by atoms with Crippen molar-refractivity contribution in [3.63, 3.8) is 0 Å². The van der Waals surface area contributed by atoms with Crippen LogP contribution >= 0.6 is 0 Å². The smallest absolute Gasteiger partial charge is 0.167 e. The number of nitrogens with one attached hydrogen (secondary N) is 1. The van der Waals surface area contributed by atoms with Crippen molar-refractivity contribution in [2.75, 3.05) is 11.9 Å². The number of ether oxygens (including phenoxy) is 1. The SMILES string of the molecule is CC(Nc1ncnc2c1ncn2C1OC(CO)C(O)C1O)c1ccc2ccccc2c1. The first kappa shape index (κ1) is 19.8. The van der Waals surface area contributed by atoms with Gasteiger partial charge in [-0.2, -0.15) is 0 Å². The molecular weight excluding hydrogens is 398 g/mol. The Bertz CT molecular complexity index is 1230. The molecule has 9 nitrogen and oxygen atoms in total. The lowest BCUT2D eigenvalue weighted by molar-refractivity contribution is -0.0511. The van der Waals surface area contributed by atoms with Crippen LogP contribution in [0.1, 0.15) is 24.8 Å². The summed E-state index contributed by atoms with van der Waals surface area (Å²) in [6.45, 7) is 1.65. The third-order valence-electron chi connectivity index (χ3n) is 5.78. The van der Waals surface area contributed by atoms with Crippen molar-refractivity contribution < 1.29 is 20.1 Å². The predicted octanol–water partition coefficient (Wildman–Crippen LogP) is 1.76. The third-order valence-corrected chi connectivity index (χ3v) is 5.78. The zero-order valence-electron chi connectivity index (χ0n) is 16.8. The summed E-state index contributed by atoms with van der Waals surface area (Å²) in [4.78, 5) is 13.1. The molecule has 5 rings (SSSR count). The number of aliphatic hydroxyl groups is 3. The minimum absolute atomic E-state index is 0.0400. The molecule has 1 aliphatic rings. The molecule has 5 unspecified atom stereocenters. The number of hydrogen-bond donors (Lipinski definition) is 4. The molecule has 0 aliphatic carbocycles. The molecule has 0 spiro atoms. The first-order valence-corrected chi connectivity index (χ1v) is 10.1. The van der Waals surface area contributed by atoms with Crippen molar-refractivity contribution in [3.8, 4) is 0 Å². The summed E-state index contributed by atoms with van der Waals surface area (Å²) >= 11 is 0. The van der Waals surface area contributed by atoms with Crippen LogP contribution in [-0.4, -0.2) is 59.8 Å². The molecule has 4 N–H and O–H groups in total. The van der Waals surface area contributed by atoms with E-state index in [9.17, 15) is 15.3 Å². The van der Waals surface area contributed by atoms with Crippen molar-refractivity contribution in [2.24, 2.45) is 0 Å². The molecule has 1 saturated heterocycles. The number of fused-ring (bicyclic) bond motifs is 2. The summed E-state index contributed by atoms with van der Waals surface area (Å²) in [5.74, 6) is 0.552. The fourth-order valence-electron chi connectivity index (χ4n) is 4.02. The number of nitrogens with zero attached hydrogens (tertiary/aromatic N) is 4. The molecule has 2 aromatic carbocycles. The van der Waals surface area contributed by atoms with Gasteiger partial charge in [-0.1, -0.05) is 36.4 Å². The van der Waals surface area contributed by atoms with E-state index in [2.05, 4.69) is 50.6 Å². The lowest BCUT2D eigenvalue weighted by atomic mass is 10.0. The predicted molar refractivity (Wildman–Crippen MR) is 114 cm³/mol. The van der Waals surface area contributed by atoms with E-state index in [0.29, 0.717) is 17.0 Å². The van der Waals surface area contributed by atoms with Gasteiger partial charge in [0.15, 0.2) is 23.2 Å². The van der Waals surface area contributed by atoms with Crippen LogP contribution < -0.4 is 5.32 Å². The second kappa shape index (κ2) is 7.86. The van der Waals surface area contributed by atoms with Crippen LogP contribution in [0.2, 0.25) is 0 Å². The zero-order valence-corrected chi connectivity index (χ0v) is 16.8. The average molecular weight is 421 g/mol. The number of anilines is 1. The van der Waals surface area contributed by atoms with Crippen LogP contribution in [0.4, 0.5) is 5.82 Å². The second-order valence-electron chi connectivity index (χ2n) is 7.75. The monoisotopic (exact) mass is 421 g/mol. The van der Waals surface area contributed by atoms with Crippen molar-refractivity contribution in [2.45, 2.75) is 37.5 Å². The highest BCUT2D eigenvalue weighted by Gasteiger charge is 2.44. The molecule has 31 heavy (non-hydrogen) atoms. The van der Waals surface area contributed by atoms with Gasteiger partial charge in [0.1, 0.15) is 24.6 Å². The van der Waals surface area contributed by atoms with Crippen LogP contribution in [-0.2, 0) is 4.74 Å². The molecule has 3 heterocycles. The second-order valence-corrected chi connectivity index (χ2v) is 7.75. The Morgan fingerprint density at radius 3 is 2.65 bits per heavy atom. The maximum Gasteiger partial charge on any atom is 0.167 e. The van der Waals surface area contributed by atoms with Gasteiger partial charge >= 0.3 is 0 Å². The summed E-state index contributed by atoms with van der Waals surface area (Å²) in [5, 5.41) is 35.5. The van der Waals surface area contributed by atoms with Crippen LogP contribution in [0.5, 0.6) is 0 Å². The Hall–Kier alpha value is -3.11.